The van der Waals surface area contributed by atoms with Gasteiger partial charge >= 0.3 is 0 Å². The fraction of sp³-hybridized carbons (Fsp3) is 1.00. The summed E-state index contributed by atoms with van der Waals surface area (Å²) >= 11 is 0. The lowest BCUT2D eigenvalue weighted by Crippen LogP contribution is -2.34. The van der Waals surface area contributed by atoms with Crippen molar-refractivity contribution in [1.29, 1.82) is 0 Å². The minimum atomic E-state index is -3.10. The van der Waals surface area contributed by atoms with Gasteiger partial charge in [0.05, 0.1) is 5.75 Å². The zero-order valence-electron chi connectivity index (χ0n) is 12.5. The van der Waals surface area contributed by atoms with Crippen LogP contribution >= 0.6 is 0 Å². The summed E-state index contributed by atoms with van der Waals surface area (Å²) in [5.74, 6) is 0.695. The van der Waals surface area contributed by atoms with Crippen LogP contribution in [0, 0.1) is 5.92 Å². The van der Waals surface area contributed by atoms with E-state index in [2.05, 4.69) is 35.7 Å². The highest BCUT2D eigenvalue weighted by Crippen LogP contribution is 2.14. The summed E-state index contributed by atoms with van der Waals surface area (Å²) < 4.78 is 26.4. The van der Waals surface area contributed by atoms with Crippen molar-refractivity contribution >= 4 is 10.0 Å². The normalized spacial score (nSPS) is 21.4. The third-order valence-electron chi connectivity index (χ3n) is 3.55. The molecule has 114 valence electrons. The summed E-state index contributed by atoms with van der Waals surface area (Å²) in [5, 5.41) is 3.23. The number of sulfonamides is 1. The lowest BCUT2D eigenvalue weighted by atomic mass is 10.1. The molecule has 1 aliphatic rings. The maximum absolute atomic E-state index is 11.8. The van der Waals surface area contributed by atoms with Gasteiger partial charge in [0.2, 0.25) is 10.0 Å². The van der Waals surface area contributed by atoms with Gasteiger partial charge in [-0.1, -0.05) is 20.8 Å². The fourth-order valence-corrected chi connectivity index (χ4v) is 3.49. The van der Waals surface area contributed by atoms with E-state index in [0.717, 1.165) is 32.6 Å². The maximum atomic E-state index is 11.8. The number of hydrogen-bond acceptors (Lipinski definition) is 4. The van der Waals surface area contributed by atoms with Gasteiger partial charge in [0.25, 0.3) is 0 Å². The SMILES string of the molecule is CCN1CCC(CNS(=O)(=O)CCCNC(C)C)C1. The summed E-state index contributed by atoms with van der Waals surface area (Å²) in [6.07, 6.45) is 1.77. The molecule has 1 atom stereocenters. The molecule has 6 heteroatoms. The Morgan fingerprint density at radius 2 is 2.11 bits per heavy atom. The second-order valence-electron chi connectivity index (χ2n) is 5.68. The molecule has 1 aliphatic heterocycles. The molecule has 0 aromatic heterocycles. The molecule has 1 heterocycles. The summed E-state index contributed by atoms with van der Waals surface area (Å²) in [5.41, 5.74) is 0. The predicted molar refractivity (Wildman–Crippen MR) is 79.8 cm³/mol. The summed E-state index contributed by atoms with van der Waals surface area (Å²) in [6.45, 7) is 10.8. The molecule has 0 radical (unpaired) electrons. The first-order chi connectivity index (χ1) is 8.93. The van der Waals surface area contributed by atoms with E-state index in [4.69, 9.17) is 0 Å². The van der Waals surface area contributed by atoms with Crippen molar-refractivity contribution in [3.05, 3.63) is 0 Å². The molecular formula is C13H29N3O2S. The van der Waals surface area contributed by atoms with Crippen LogP contribution in [-0.2, 0) is 10.0 Å². The van der Waals surface area contributed by atoms with Gasteiger partial charge in [0.15, 0.2) is 0 Å². The molecule has 1 fully saturated rings. The molecule has 1 saturated heterocycles. The molecule has 1 unspecified atom stereocenters. The summed E-state index contributed by atoms with van der Waals surface area (Å²) in [7, 11) is -3.10. The fourth-order valence-electron chi connectivity index (χ4n) is 2.34. The highest BCUT2D eigenvalue weighted by atomic mass is 32.2. The number of nitrogens with one attached hydrogen (secondary N) is 2. The van der Waals surface area contributed by atoms with Crippen molar-refractivity contribution in [2.45, 2.75) is 39.7 Å². The third-order valence-corrected chi connectivity index (χ3v) is 4.98. The first-order valence-corrected chi connectivity index (χ1v) is 9.01. The largest absolute Gasteiger partial charge is 0.314 e. The second-order valence-corrected chi connectivity index (χ2v) is 7.60. The molecule has 5 nitrogen and oxygen atoms in total. The average molecular weight is 291 g/mol. The molecule has 0 spiro atoms. The third kappa shape index (κ3) is 7.25. The van der Waals surface area contributed by atoms with Crippen LogP contribution in [0.5, 0.6) is 0 Å². The molecule has 0 saturated carbocycles. The molecule has 0 aromatic carbocycles. The minimum absolute atomic E-state index is 0.219. The topological polar surface area (TPSA) is 61.4 Å². The lowest BCUT2D eigenvalue weighted by Gasteiger charge is -2.14. The highest BCUT2D eigenvalue weighted by molar-refractivity contribution is 7.89. The Bertz CT molecular complexity index is 344. The summed E-state index contributed by atoms with van der Waals surface area (Å²) in [4.78, 5) is 2.37. The van der Waals surface area contributed by atoms with Crippen molar-refractivity contribution in [1.82, 2.24) is 14.9 Å². The molecule has 2 N–H and O–H groups in total. The van der Waals surface area contributed by atoms with E-state index in [1.54, 1.807) is 0 Å². The number of rotatable bonds is 9. The molecule has 1 rings (SSSR count). The van der Waals surface area contributed by atoms with E-state index in [0.29, 0.717) is 24.9 Å². The first kappa shape index (κ1) is 16.9. The van der Waals surface area contributed by atoms with E-state index >= 15 is 0 Å². The molecule has 0 aromatic rings. The van der Waals surface area contributed by atoms with Gasteiger partial charge in [-0.2, -0.15) is 0 Å². The monoisotopic (exact) mass is 291 g/mol. The lowest BCUT2D eigenvalue weighted by molar-refractivity contribution is 0.342. The zero-order valence-corrected chi connectivity index (χ0v) is 13.3. The number of nitrogens with zero attached hydrogens (tertiary/aromatic N) is 1. The van der Waals surface area contributed by atoms with Crippen molar-refractivity contribution in [2.75, 3.05) is 38.5 Å². The van der Waals surface area contributed by atoms with E-state index in [1.165, 1.54) is 0 Å². The molecule has 0 aliphatic carbocycles. The van der Waals surface area contributed by atoms with Crippen molar-refractivity contribution in [3.63, 3.8) is 0 Å². The van der Waals surface area contributed by atoms with Crippen molar-refractivity contribution in [3.8, 4) is 0 Å². The zero-order chi connectivity index (χ0) is 14.3. The molecule has 19 heavy (non-hydrogen) atoms. The molecule has 0 bridgehead atoms. The molecular weight excluding hydrogens is 262 g/mol. The van der Waals surface area contributed by atoms with Crippen LogP contribution < -0.4 is 10.0 Å². The standard InChI is InChI=1S/C13H29N3O2S/c1-4-16-8-6-13(11-16)10-15-19(17,18)9-5-7-14-12(2)3/h12-15H,4-11H2,1-3H3. The maximum Gasteiger partial charge on any atom is 0.211 e. The smallest absolute Gasteiger partial charge is 0.211 e. The quantitative estimate of drug-likeness (QED) is 0.612. The Morgan fingerprint density at radius 3 is 2.68 bits per heavy atom. The Hall–Kier alpha value is -0.170. The second kappa shape index (κ2) is 8.19. The predicted octanol–water partition coefficient (Wildman–Crippen LogP) is 0.636. The number of likely N-dealkylation sites (tertiary alicyclic amines) is 1. The van der Waals surface area contributed by atoms with Gasteiger partial charge in [0.1, 0.15) is 0 Å². The van der Waals surface area contributed by atoms with Crippen molar-refractivity contribution in [2.24, 2.45) is 5.92 Å². The van der Waals surface area contributed by atoms with Crippen LogP contribution in [0.2, 0.25) is 0 Å². The number of hydrogen-bond donors (Lipinski definition) is 2. The summed E-state index contributed by atoms with van der Waals surface area (Å²) in [6, 6.07) is 0.411. The van der Waals surface area contributed by atoms with E-state index in [1.807, 2.05) is 0 Å². The Balaban J connectivity index is 2.16. The van der Waals surface area contributed by atoms with Gasteiger partial charge in [-0.3, -0.25) is 0 Å². The van der Waals surface area contributed by atoms with Gasteiger partial charge < -0.3 is 10.2 Å². The Labute approximate surface area is 118 Å². The van der Waals surface area contributed by atoms with Gasteiger partial charge in [-0.05, 0) is 38.4 Å². The van der Waals surface area contributed by atoms with Crippen LogP contribution in [0.4, 0.5) is 0 Å². The Morgan fingerprint density at radius 1 is 1.37 bits per heavy atom. The van der Waals surface area contributed by atoms with E-state index < -0.39 is 10.0 Å². The Kier molecular flexibility index (Phi) is 7.28. The molecule has 0 amide bonds. The van der Waals surface area contributed by atoms with Crippen LogP contribution in [0.1, 0.15) is 33.6 Å². The minimum Gasteiger partial charge on any atom is -0.314 e. The van der Waals surface area contributed by atoms with Crippen LogP contribution in [0.25, 0.3) is 0 Å². The van der Waals surface area contributed by atoms with Gasteiger partial charge in [-0.15, -0.1) is 0 Å². The van der Waals surface area contributed by atoms with Crippen LogP contribution in [0.15, 0.2) is 0 Å². The van der Waals surface area contributed by atoms with Gasteiger partial charge in [0, 0.05) is 19.1 Å². The van der Waals surface area contributed by atoms with E-state index in [-0.39, 0.29) is 5.75 Å². The average Bonchev–Trinajstić information content (AvgIpc) is 2.80. The van der Waals surface area contributed by atoms with Crippen LogP contribution in [0.3, 0.4) is 0 Å². The first-order valence-electron chi connectivity index (χ1n) is 7.36. The highest BCUT2D eigenvalue weighted by Gasteiger charge is 2.22. The van der Waals surface area contributed by atoms with Crippen LogP contribution in [-0.4, -0.2) is 57.8 Å². The van der Waals surface area contributed by atoms with Gasteiger partial charge in [-0.25, -0.2) is 13.1 Å². The van der Waals surface area contributed by atoms with Crippen molar-refractivity contribution < 1.29 is 8.42 Å². The van der Waals surface area contributed by atoms with E-state index in [9.17, 15) is 8.42 Å².